The number of aromatic nitrogens is 2. The zero-order chi connectivity index (χ0) is 25.8. The molecular formula is C24H25F4N3O4. The van der Waals surface area contributed by atoms with Gasteiger partial charge in [0.2, 0.25) is 0 Å². The lowest BCUT2D eigenvalue weighted by Gasteiger charge is -2.51. The average molecular weight is 495 g/mol. The molecule has 1 aromatic heterocycles. The molecule has 4 rings (SSSR count). The van der Waals surface area contributed by atoms with Gasteiger partial charge in [0.05, 0.1) is 25.2 Å². The number of ether oxygens (including phenoxy) is 1. The molecule has 11 heteroatoms. The summed E-state index contributed by atoms with van der Waals surface area (Å²) in [4.78, 5) is 12.4. The van der Waals surface area contributed by atoms with Crippen LogP contribution in [0, 0.1) is 5.82 Å². The first-order valence-corrected chi connectivity index (χ1v) is 11.0. The molecule has 2 aromatic carbocycles. The Kier molecular flexibility index (Phi) is 6.05. The van der Waals surface area contributed by atoms with Gasteiger partial charge in [-0.15, -0.1) is 0 Å². The predicted molar refractivity (Wildman–Crippen MR) is 121 cm³/mol. The standard InChI is InChI=1S/C24H25F4N3O4/c1-4-13-10-23(34,24(26,27)28)22(33,16-8-9-17(25)20(35-3)19(13)16)12-29-18-7-5-6-14-15(18)11-30-31(2)21(14)32/h5-9,11,13,29,33-34H,4,10,12H2,1-3H3. The first-order chi connectivity index (χ1) is 16.4. The molecule has 1 aliphatic carbocycles. The van der Waals surface area contributed by atoms with Crippen molar-refractivity contribution in [3.8, 4) is 5.75 Å². The first kappa shape index (κ1) is 24.9. The predicted octanol–water partition coefficient (Wildman–Crippen LogP) is 3.57. The van der Waals surface area contributed by atoms with Crippen molar-refractivity contribution in [2.24, 2.45) is 7.05 Å². The Morgan fingerprint density at radius 3 is 2.57 bits per heavy atom. The van der Waals surface area contributed by atoms with E-state index < -0.39 is 47.6 Å². The van der Waals surface area contributed by atoms with E-state index in [1.54, 1.807) is 13.0 Å². The SMILES string of the molecule is CCC1CC(O)(C(F)(F)F)C(O)(CNc2cccc3c(=O)n(C)ncc23)c2ccc(F)c(OC)c21. The lowest BCUT2D eigenvalue weighted by molar-refractivity contribution is -0.327. The molecule has 3 aromatic rings. The van der Waals surface area contributed by atoms with E-state index in [0.29, 0.717) is 5.39 Å². The summed E-state index contributed by atoms with van der Waals surface area (Å²) >= 11 is 0. The molecule has 0 radical (unpaired) electrons. The molecule has 188 valence electrons. The number of aryl methyl sites for hydroxylation is 1. The second-order valence-electron chi connectivity index (χ2n) is 8.76. The third-order valence-corrected chi connectivity index (χ3v) is 6.92. The van der Waals surface area contributed by atoms with E-state index in [1.165, 1.54) is 32.5 Å². The number of benzene rings is 2. The Morgan fingerprint density at radius 2 is 1.94 bits per heavy atom. The molecular weight excluding hydrogens is 470 g/mol. The van der Waals surface area contributed by atoms with Crippen LogP contribution in [0.25, 0.3) is 10.8 Å². The number of rotatable bonds is 5. The van der Waals surface area contributed by atoms with Gasteiger partial charge in [0, 0.05) is 23.7 Å². The molecule has 0 amide bonds. The monoisotopic (exact) mass is 495 g/mol. The van der Waals surface area contributed by atoms with Crippen molar-refractivity contribution < 1.29 is 32.5 Å². The van der Waals surface area contributed by atoms with Crippen molar-refractivity contribution in [3.05, 3.63) is 63.8 Å². The van der Waals surface area contributed by atoms with Crippen LogP contribution in [0.1, 0.15) is 36.8 Å². The fraction of sp³-hybridized carbons (Fsp3) is 0.417. The van der Waals surface area contributed by atoms with Crippen molar-refractivity contribution in [1.29, 1.82) is 0 Å². The Morgan fingerprint density at radius 1 is 1.23 bits per heavy atom. The van der Waals surface area contributed by atoms with E-state index in [4.69, 9.17) is 4.74 Å². The van der Waals surface area contributed by atoms with Gasteiger partial charge in [-0.3, -0.25) is 4.79 Å². The summed E-state index contributed by atoms with van der Waals surface area (Å²) in [7, 11) is 2.65. The number of halogens is 4. The second kappa shape index (κ2) is 8.49. The van der Waals surface area contributed by atoms with Crippen molar-refractivity contribution in [3.63, 3.8) is 0 Å². The van der Waals surface area contributed by atoms with Crippen LogP contribution in [0.2, 0.25) is 0 Å². The van der Waals surface area contributed by atoms with Crippen molar-refractivity contribution in [2.75, 3.05) is 19.0 Å². The van der Waals surface area contributed by atoms with Crippen LogP contribution >= 0.6 is 0 Å². The maximum absolute atomic E-state index is 14.5. The number of anilines is 1. The zero-order valence-corrected chi connectivity index (χ0v) is 19.3. The zero-order valence-electron chi connectivity index (χ0n) is 19.3. The third-order valence-electron chi connectivity index (χ3n) is 6.92. The molecule has 0 saturated heterocycles. The Balaban J connectivity index is 1.90. The van der Waals surface area contributed by atoms with Gasteiger partial charge >= 0.3 is 6.18 Å². The fourth-order valence-corrected chi connectivity index (χ4v) is 4.98. The van der Waals surface area contributed by atoms with E-state index in [1.807, 2.05) is 0 Å². The van der Waals surface area contributed by atoms with Crippen LogP contribution in [0.4, 0.5) is 23.2 Å². The largest absolute Gasteiger partial charge is 0.493 e. The third kappa shape index (κ3) is 3.64. The molecule has 1 aliphatic rings. The van der Waals surface area contributed by atoms with Crippen LogP contribution in [0.15, 0.2) is 41.3 Å². The summed E-state index contributed by atoms with van der Waals surface area (Å²) < 4.78 is 63.9. The van der Waals surface area contributed by atoms with Crippen LogP contribution in [-0.2, 0) is 12.6 Å². The van der Waals surface area contributed by atoms with Crippen LogP contribution in [0.5, 0.6) is 5.75 Å². The Labute approximate surface area is 198 Å². The van der Waals surface area contributed by atoms with Crippen LogP contribution < -0.4 is 15.6 Å². The molecule has 35 heavy (non-hydrogen) atoms. The molecule has 3 N–H and O–H groups in total. The van der Waals surface area contributed by atoms with Crippen molar-refractivity contribution in [2.45, 2.75) is 43.1 Å². The number of aliphatic hydroxyl groups is 2. The second-order valence-corrected chi connectivity index (χ2v) is 8.76. The van der Waals surface area contributed by atoms with Crippen LogP contribution in [0.3, 0.4) is 0 Å². The van der Waals surface area contributed by atoms with Gasteiger partial charge < -0.3 is 20.3 Å². The molecule has 0 bridgehead atoms. The fourth-order valence-electron chi connectivity index (χ4n) is 4.98. The van der Waals surface area contributed by atoms with Gasteiger partial charge in [-0.2, -0.15) is 18.3 Å². The molecule has 1 heterocycles. The van der Waals surface area contributed by atoms with E-state index in [-0.39, 0.29) is 34.4 Å². The number of nitrogens with zero attached hydrogens (tertiary/aromatic N) is 2. The maximum Gasteiger partial charge on any atom is 0.420 e. The molecule has 0 fully saturated rings. The highest BCUT2D eigenvalue weighted by Gasteiger charge is 2.69. The molecule has 3 unspecified atom stereocenters. The molecule has 0 aliphatic heterocycles. The lowest BCUT2D eigenvalue weighted by atomic mass is 9.63. The minimum atomic E-state index is -5.22. The van der Waals surface area contributed by atoms with Gasteiger partial charge in [0.1, 0.15) is 5.60 Å². The average Bonchev–Trinajstić information content (AvgIpc) is 2.81. The van der Waals surface area contributed by atoms with Crippen molar-refractivity contribution in [1.82, 2.24) is 9.78 Å². The van der Waals surface area contributed by atoms with Gasteiger partial charge in [0.15, 0.2) is 17.2 Å². The minimum absolute atomic E-state index is 0.0849. The number of hydrogen-bond donors (Lipinski definition) is 3. The number of nitrogens with one attached hydrogen (secondary N) is 1. The minimum Gasteiger partial charge on any atom is -0.493 e. The van der Waals surface area contributed by atoms with E-state index >= 15 is 0 Å². The van der Waals surface area contributed by atoms with Crippen LogP contribution in [-0.4, -0.2) is 45.4 Å². The summed E-state index contributed by atoms with van der Waals surface area (Å²) in [6.45, 7) is 0.817. The highest BCUT2D eigenvalue weighted by Crippen LogP contribution is 2.57. The smallest absolute Gasteiger partial charge is 0.420 e. The summed E-state index contributed by atoms with van der Waals surface area (Å²) in [6, 6.07) is 6.55. The topological polar surface area (TPSA) is 96.6 Å². The number of hydrogen-bond acceptors (Lipinski definition) is 6. The van der Waals surface area contributed by atoms with E-state index in [2.05, 4.69) is 10.4 Å². The summed E-state index contributed by atoms with van der Waals surface area (Å²) in [5.41, 5.74) is -6.84. The molecule has 0 spiro atoms. The highest BCUT2D eigenvalue weighted by molar-refractivity contribution is 5.92. The van der Waals surface area contributed by atoms with E-state index in [9.17, 15) is 32.6 Å². The summed E-state index contributed by atoms with van der Waals surface area (Å²) in [5, 5.41) is 30.0. The van der Waals surface area contributed by atoms with E-state index in [0.717, 1.165) is 16.8 Å². The first-order valence-electron chi connectivity index (χ1n) is 11.0. The molecule has 0 saturated carbocycles. The van der Waals surface area contributed by atoms with Gasteiger partial charge in [-0.25, -0.2) is 9.07 Å². The Hall–Kier alpha value is -3.18. The quantitative estimate of drug-likeness (QED) is 0.469. The molecule has 3 atom stereocenters. The normalized spacial score (nSPS) is 24.3. The number of alkyl halides is 3. The van der Waals surface area contributed by atoms with Gasteiger partial charge in [0.25, 0.3) is 5.56 Å². The lowest BCUT2D eigenvalue weighted by Crippen LogP contribution is -2.66. The van der Waals surface area contributed by atoms with Crippen molar-refractivity contribution >= 4 is 16.5 Å². The van der Waals surface area contributed by atoms with Gasteiger partial charge in [-0.1, -0.05) is 19.1 Å². The maximum atomic E-state index is 14.5. The Bertz CT molecular complexity index is 1340. The summed E-state index contributed by atoms with van der Waals surface area (Å²) in [5.74, 6) is -1.98. The summed E-state index contributed by atoms with van der Waals surface area (Å²) in [6.07, 6.45) is -4.59. The molecule has 7 nitrogen and oxygen atoms in total. The number of fused-ring (bicyclic) bond motifs is 2. The van der Waals surface area contributed by atoms with Gasteiger partial charge in [-0.05, 0) is 42.5 Å². The number of methoxy groups -OCH3 is 1. The highest BCUT2D eigenvalue weighted by atomic mass is 19.4.